The molecule has 0 radical (unpaired) electrons. The molecule has 0 aliphatic heterocycles. The van der Waals surface area contributed by atoms with E-state index < -0.39 is 0 Å². The smallest absolute Gasteiger partial charge is 0.120 e. The minimum absolute atomic E-state index is 0.584. The highest BCUT2D eigenvalue weighted by Gasteiger charge is 2.37. The summed E-state index contributed by atoms with van der Waals surface area (Å²) in [4.78, 5) is 10.3. The molecule has 14 heavy (non-hydrogen) atoms. The van der Waals surface area contributed by atoms with Crippen LogP contribution < -0.4 is 4.74 Å². The summed E-state index contributed by atoms with van der Waals surface area (Å²) in [5.41, 5.74) is 1.33. The van der Waals surface area contributed by atoms with Crippen molar-refractivity contribution in [2.75, 3.05) is 7.11 Å². The van der Waals surface area contributed by atoms with Crippen molar-refractivity contribution >= 4 is 6.29 Å². The van der Waals surface area contributed by atoms with Gasteiger partial charge in [0, 0.05) is 6.42 Å². The van der Waals surface area contributed by atoms with Crippen molar-refractivity contribution in [2.45, 2.75) is 18.8 Å². The van der Waals surface area contributed by atoms with Gasteiger partial charge in [0.1, 0.15) is 12.0 Å². The molecule has 2 heteroatoms. The average molecular weight is 190 g/mol. The number of aldehydes is 1. The van der Waals surface area contributed by atoms with Gasteiger partial charge in [-0.05, 0) is 36.0 Å². The zero-order valence-corrected chi connectivity index (χ0v) is 8.27. The molecule has 2 atom stereocenters. The highest BCUT2D eigenvalue weighted by atomic mass is 16.5. The molecule has 74 valence electrons. The summed E-state index contributed by atoms with van der Waals surface area (Å²) >= 11 is 0. The molecular formula is C12H14O2. The van der Waals surface area contributed by atoms with Gasteiger partial charge in [-0.15, -0.1) is 0 Å². The number of ether oxygens (including phenoxy) is 1. The fraction of sp³-hybridized carbons (Fsp3) is 0.417. The molecule has 2 nitrogen and oxygen atoms in total. The van der Waals surface area contributed by atoms with Gasteiger partial charge < -0.3 is 9.53 Å². The molecule has 0 amide bonds. The van der Waals surface area contributed by atoms with Crippen LogP contribution in [0.5, 0.6) is 5.75 Å². The Hall–Kier alpha value is -1.31. The molecule has 1 saturated carbocycles. The van der Waals surface area contributed by atoms with E-state index in [1.807, 2.05) is 12.1 Å². The second-order valence-electron chi connectivity index (χ2n) is 3.78. The van der Waals surface area contributed by atoms with Crippen LogP contribution in [-0.2, 0) is 4.79 Å². The minimum atomic E-state index is 0.584. The van der Waals surface area contributed by atoms with Gasteiger partial charge in [-0.1, -0.05) is 12.1 Å². The monoisotopic (exact) mass is 190 g/mol. The molecule has 1 aliphatic carbocycles. The Bertz CT molecular complexity index is 316. The highest BCUT2D eigenvalue weighted by molar-refractivity contribution is 5.51. The SMILES string of the molecule is COc1ccc(C2CC2CC=O)cc1. The molecule has 0 spiro atoms. The Kier molecular flexibility index (Phi) is 2.53. The summed E-state index contributed by atoms with van der Waals surface area (Å²) in [5, 5.41) is 0. The number of rotatable bonds is 4. The van der Waals surface area contributed by atoms with E-state index in [9.17, 15) is 4.79 Å². The number of carbonyl (C=O) groups excluding carboxylic acids is 1. The van der Waals surface area contributed by atoms with Crippen LogP contribution in [0.3, 0.4) is 0 Å². The van der Waals surface area contributed by atoms with Crippen LogP contribution in [0, 0.1) is 5.92 Å². The van der Waals surface area contributed by atoms with E-state index in [2.05, 4.69) is 12.1 Å². The molecule has 0 bridgehead atoms. The van der Waals surface area contributed by atoms with Gasteiger partial charge in [0.05, 0.1) is 7.11 Å². The van der Waals surface area contributed by atoms with E-state index in [-0.39, 0.29) is 0 Å². The molecular weight excluding hydrogens is 176 g/mol. The van der Waals surface area contributed by atoms with Crippen molar-refractivity contribution in [2.24, 2.45) is 5.92 Å². The molecule has 1 aromatic rings. The fourth-order valence-electron chi connectivity index (χ4n) is 1.89. The first-order valence-electron chi connectivity index (χ1n) is 4.92. The summed E-state index contributed by atoms with van der Waals surface area (Å²) in [5.74, 6) is 2.08. The van der Waals surface area contributed by atoms with Crippen LogP contribution in [0.4, 0.5) is 0 Å². The molecule has 2 rings (SSSR count). The van der Waals surface area contributed by atoms with Crippen molar-refractivity contribution in [1.82, 2.24) is 0 Å². The van der Waals surface area contributed by atoms with Crippen LogP contribution in [0.25, 0.3) is 0 Å². The predicted molar refractivity (Wildman–Crippen MR) is 54.5 cm³/mol. The van der Waals surface area contributed by atoms with Gasteiger partial charge in [-0.25, -0.2) is 0 Å². The largest absolute Gasteiger partial charge is 0.497 e. The van der Waals surface area contributed by atoms with Gasteiger partial charge in [-0.3, -0.25) is 0 Å². The maximum atomic E-state index is 10.3. The lowest BCUT2D eigenvalue weighted by Gasteiger charge is -2.01. The second kappa shape index (κ2) is 3.82. The minimum Gasteiger partial charge on any atom is -0.497 e. The van der Waals surface area contributed by atoms with Crippen LogP contribution in [0.1, 0.15) is 24.3 Å². The standard InChI is InChI=1S/C12H14O2/c1-14-11-4-2-9(3-5-11)12-8-10(12)6-7-13/h2-5,7,10,12H,6,8H2,1H3. The van der Waals surface area contributed by atoms with Gasteiger partial charge in [0.2, 0.25) is 0 Å². The maximum absolute atomic E-state index is 10.3. The summed E-state index contributed by atoms with van der Waals surface area (Å²) in [6.45, 7) is 0. The lowest BCUT2D eigenvalue weighted by molar-refractivity contribution is -0.108. The van der Waals surface area contributed by atoms with Crippen molar-refractivity contribution in [3.8, 4) is 5.75 Å². The highest BCUT2D eigenvalue weighted by Crippen LogP contribution is 2.49. The quantitative estimate of drug-likeness (QED) is 0.681. The van der Waals surface area contributed by atoms with Gasteiger partial charge >= 0.3 is 0 Å². The molecule has 1 aromatic carbocycles. The van der Waals surface area contributed by atoms with E-state index in [4.69, 9.17) is 4.74 Å². The third kappa shape index (κ3) is 1.79. The van der Waals surface area contributed by atoms with E-state index in [0.29, 0.717) is 18.3 Å². The number of carbonyl (C=O) groups is 1. The van der Waals surface area contributed by atoms with Gasteiger partial charge in [0.15, 0.2) is 0 Å². The zero-order valence-electron chi connectivity index (χ0n) is 8.27. The molecule has 1 aliphatic rings. The predicted octanol–water partition coefficient (Wildman–Crippen LogP) is 2.39. The number of hydrogen-bond acceptors (Lipinski definition) is 2. The van der Waals surface area contributed by atoms with Crippen molar-refractivity contribution in [3.05, 3.63) is 29.8 Å². The van der Waals surface area contributed by atoms with Crippen molar-refractivity contribution in [3.63, 3.8) is 0 Å². The summed E-state index contributed by atoms with van der Waals surface area (Å²) in [6.07, 6.45) is 2.88. The van der Waals surface area contributed by atoms with Crippen molar-refractivity contribution in [1.29, 1.82) is 0 Å². The third-order valence-corrected chi connectivity index (χ3v) is 2.87. The first-order chi connectivity index (χ1) is 6.85. The fourth-order valence-corrected chi connectivity index (χ4v) is 1.89. The average Bonchev–Trinajstić information content (AvgIpc) is 2.98. The Morgan fingerprint density at radius 3 is 2.71 bits per heavy atom. The summed E-state index contributed by atoms with van der Waals surface area (Å²) in [7, 11) is 1.67. The molecule has 1 fully saturated rings. The Morgan fingerprint density at radius 2 is 2.14 bits per heavy atom. The topological polar surface area (TPSA) is 26.3 Å². The molecule has 0 heterocycles. The Balaban J connectivity index is 2.01. The zero-order chi connectivity index (χ0) is 9.97. The summed E-state index contributed by atoms with van der Waals surface area (Å²) in [6, 6.07) is 8.14. The van der Waals surface area contributed by atoms with Gasteiger partial charge in [-0.2, -0.15) is 0 Å². The Morgan fingerprint density at radius 1 is 1.43 bits per heavy atom. The van der Waals surface area contributed by atoms with Crippen LogP contribution in [0.15, 0.2) is 24.3 Å². The second-order valence-corrected chi connectivity index (χ2v) is 3.78. The first kappa shape index (κ1) is 9.25. The molecule has 2 unspecified atom stereocenters. The number of methoxy groups -OCH3 is 1. The lowest BCUT2D eigenvalue weighted by Crippen LogP contribution is -1.86. The molecule has 0 N–H and O–H groups in total. The Labute approximate surface area is 83.9 Å². The van der Waals surface area contributed by atoms with E-state index in [1.54, 1.807) is 7.11 Å². The van der Waals surface area contributed by atoms with Crippen molar-refractivity contribution < 1.29 is 9.53 Å². The number of hydrogen-bond donors (Lipinski definition) is 0. The van der Waals surface area contributed by atoms with E-state index in [1.165, 1.54) is 5.56 Å². The van der Waals surface area contributed by atoms with Gasteiger partial charge in [0.25, 0.3) is 0 Å². The summed E-state index contributed by atoms with van der Waals surface area (Å²) < 4.78 is 5.09. The van der Waals surface area contributed by atoms with Crippen LogP contribution in [0.2, 0.25) is 0 Å². The first-order valence-corrected chi connectivity index (χ1v) is 4.92. The van der Waals surface area contributed by atoms with E-state index >= 15 is 0 Å². The normalized spacial score (nSPS) is 24.4. The maximum Gasteiger partial charge on any atom is 0.120 e. The van der Waals surface area contributed by atoms with Crippen LogP contribution in [-0.4, -0.2) is 13.4 Å². The third-order valence-electron chi connectivity index (χ3n) is 2.87. The lowest BCUT2D eigenvalue weighted by atomic mass is 10.1. The number of benzene rings is 1. The van der Waals surface area contributed by atoms with Crippen LogP contribution >= 0.6 is 0 Å². The van der Waals surface area contributed by atoms with E-state index in [0.717, 1.165) is 18.5 Å². The molecule has 0 aromatic heterocycles. The molecule has 0 saturated heterocycles.